The van der Waals surface area contributed by atoms with E-state index in [9.17, 15) is 13.2 Å². The fourth-order valence-corrected chi connectivity index (χ4v) is 4.32. The van der Waals surface area contributed by atoms with Crippen molar-refractivity contribution in [2.75, 3.05) is 18.0 Å². The van der Waals surface area contributed by atoms with Crippen molar-refractivity contribution in [2.24, 2.45) is 5.92 Å². The molecular weight excluding hydrogens is 300 g/mol. The number of nitrogens with zero attached hydrogens (tertiary/aromatic N) is 1. The number of anilines is 1. The summed E-state index contributed by atoms with van der Waals surface area (Å²) in [5, 5.41) is 0. The second-order valence-corrected chi connectivity index (χ2v) is 8.26. The molecule has 1 N–H and O–H groups in total. The van der Waals surface area contributed by atoms with Crippen molar-refractivity contribution in [1.29, 1.82) is 0 Å². The Morgan fingerprint density at radius 1 is 1.27 bits per heavy atom. The highest BCUT2D eigenvalue weighted by Gasteiger charge is 2.33. The number of benzene rings is 1. The van der Waals surface area contributed by atoms with E-state index in [1.807, 2.05) is 0 Å². The van der Waals surface area contributed by atoms with Crippen LogP contribution >= 0.6 is 0 Å². The SMILES string of the molecule is CC(C)CCNS(=O)(=O)c1cc2c3c(c1)CC(=O)N3CCC2. The van der Waals surface area contributed by atoms with Crippen molar-refractivity contribution in [2.45, 2.75) is 44.4 Å². The van der Waals surface area contributed by atoms with Gasteiger partial charge in [0.2, 0.25) is 15.9 Å². The first-order valence-electron chi connectivity index (χ1n) is 7.84. The number of carbonyl (C=O) groups excluding carboxylic acids is 1. The van der Waals surface area contributed by atoms with Gasteiger partial charge in [0.1, 0.15) is 0 Å². The topological polar surface area (TPSA) is 66.5 Å². The Kier molecular flexibility index (Phi) is 3.99. The predicted octanol–water partition coefficient (Wildman–Crippen LogP) is 1.85. The Morgan fingerprint density at radius 3 is 2.73 bits per heavy atom. The largest absolute Gasteiger partial charge is 0.312 e. The summed E-state index contributed by atoms with van der Waals surface area (Å²) in [4.78, 5) is 14.1. The molecule has 2 aliphatic rings. The van der Waals surface area contributed by atoms with Gasteiger partial charge in [0, 0.05) is 13.1 Å². The number of aryl methyl sites for hydroxylation is 1. The molecule has 0 saturated heterocycles. The molecule has 0 aliphatic carbocycles. The van der Waals surface area contributed by atoms with Gasteiger partial charge in [-0.15, -0.1) is 0 Å². The maximum absolute atomic E-state index is 12.5. The molecule has 1 aromatic rings. The number of nitrogens with one attached hydrogen (secondary N) is 1. The molecule has 1 aromatic carbocycles. The Bertz CT molecular complexity index is 710. The first kappa shape index (κ1) is 15.5. The quantitative estimate of drug-likeness (QED) is 0.899. The van der Waals surface area contributed by atoms with E-state index in [-0.39, 0.29) is 5.91 Å². The number of hydrogen-bond acceptors (Lipinski definition) is 3. The van der Waals surface area contributed by atoms with Gasteiger partial charge in [-0.25, -0.2) is 13.1 Å². The van der Waals surface area contributed by atoms with Crippen molar-refractivity contribution < 1.29 is 13.2 Å². The van der Waals surface area contributed by atoms with Crippen LogP contribution in [0.15, 0.2) is 17.0 Å². The molecule has 22 heavy (non-hydrogen) atoms. The number of sulfonamides is 1. The van der Waals surface area contributed by atoms with Gasteiger partial charge in [0.05, 0.1) is 17.0 Å². The fraction of sp³-hybridized carbons (Fsp3) is 0.562. The van der Waals surface area contributed by atoms with Crippen LogP contribution in [0.2, 0.25) is 0 Å². The van der Waals surface area contributed by atoms with Gasteiger partial charge >= 0.3 is 0 Å². The zero-order chi connectivity index (χ0) is 15.9. The smallest absolute Gasteiger partial charge is 0.240 e. The second kappa shape index (κ2) is 5.66. The van der Waals surface area contributed by atoms with Crippen molar-refractivity contribution in [1.82, 2.24) is 4.72 Å². The van der Waals surface area contributed by atoms with E-state index >= 15 is 0 Å². The average Bonchev–Trinajstić information content (AvgIpc) is 2.76. The van der Waals surface area contributed by atoms with Gasteiger partial charge in [-0.2, -0.15) is 0 Å². The van der Waals surface area contributed by atoms with E-state index in [1.54, 1.807) is 17.0 Å². The molecule has 120 valence electrons. The Hall–Kier alpha value is -1.40. The van der Waals surface area contributed by atoms with E-state index in [2.05, 4.69) is 18.6 Å². The van der Waals surface area contributed by atoms with E-state index in [1.165, 1.54) is 0 Å². The monoisotopic (exact) mass is 322 g/mol. The van der Waals surface area contributed by atoms with Crippen LogP contribution in [0.25, 0.3) is 0 Å². The summed E-state index contributed by atoms with van der Waals surface area (Å²) in [7, 11) is -3.50. The maximum Gasteiger partial charge on any atom is 0.240 e. The number of rotatable bonds is 5. The zero-order valence-corrected chi connectivity index (χ0v) is 13.9. The first-order valence-corrected chi connectivity index (χ1v) is 9.32. The van der Waals surface area contributed by atoms with E-state index < -0.39 is 10.0 Å². The van der Waals surface area contributed by atoms with Crippen LogP contribution in [0.5, 0.6) is 0 Å². The number of hydrogen-bond donors (Lipinski definition) is 1. The third-order valence-electron chi connectivity index (χ3n) is 4.31. The molecule has 0 saturated carbocycles. The minimum Gasteiger partial charge on any atom is -0.312 e. The summed E-state index contributed by atoms with van der Waals surface area (Å²) in [6.07, 6.45) is 2.85. The molecule has 0 unspecified atom stereocenters. The number of carbonyl (C=O) groups is 1. The molecule has 0 spiro atoms. The summed E-state index contributed by atoms with van der Waals surface area (Å²) in [5.41, 5.74) is 2.79. The summed E-state index contributed by atoms with van der Waals surface area (Å²) >= 11 is 0. The van der Waals surface area contributed by atoms with Gasteiger partial charge in [0.15, 0.2) is 0 Å². The van der Waals surface area contributed by atoms with Crippen LogP contribution in [0.4, 0.5) is 5.69 Å². The van der Waals surface area contributed by atoms with Crippen LogP contribution in [-0.4, -0.2) is 27.4 Å². The Labute approximate surface area is 131 Å². The van der Waals surface area contributed by atoms with Gasteiger partial charge in [-0.3, -0.25) is 4.79 Å². The lowest BCUT2D eigenvalue weighted by Gasteiger charge is -2.26. The zero-order valence-electron chi connectivity index (χ0n) is 13.1. The van der Waals surface area contributed by atoms with Crippen LogP contribution < -0.4 is 9.62 Å². The first-order chi connectivity index (χ1) is 10.4. The van der Waals surface area contributed by atoms with Gasteiger partial charge in [0.25, 0.3) is 0 Å². The van der Waals surface area contributed by atoms with Crippen molar-refractivity contribution in [3.8, 4) is 0 Å². The van der Waals surface area contributed by atoms with Crippen LogP contribution in [0.1, 0.15) is 37.8 Å². The highest BCUT2D eigenvalue weighted by Crippen LogP contribution is 2.38. The van der Waals surface area contributed by atoms with Gasteiger partial charge in [-0.1, -0.05) is 13.8 Å². The molecule has 2 heterocycles. The molecule has 0 aromatic heterocycles. The predicted molar refractivity (Wildman–Crippen MR) is 85.5 cm³/mol. The third-order valence-corrected chi connectivity index (χ3v) is 5.75. The van der Waals surface area contributed by atoms with Crippen LogP contribution in [0, 0.1) is 5.92 Å². The fourth-order valence-electron chi connectivity index (χ4n) is 3.17. The second-order valence-electron chi connectivity index (χ2n) is 6.50. The minimum absolute atomic E-state index is 0.0817. The summed E-state index contributed by atoms with van der Waals surface area (Å²) < 4.78 is 27.6. The van der Waals surface area contributed by atoms with Gasteiger partial charge < -0.3 is 4.90 Å². The van der Waals surface area contributed by atoms with Crippen molar-refractivity contribution in [3.63, 3.8) is 0 Å². The molecule has 0 radical (unpaired) electrons. The minimum atomic E-state index is -3.50. The Morgan fingerprint density at radius 2 is 2.00 bits per heavy atom. The molecular formula is C16H22N2O3S. The van der Waals surface area contributed by atoms with Crippen LogP contribution in [-0.2, 0) is 27.7 Å². The highest BCUT2D eigenvalue weighted by molar-refractivity contribution is 7.89. The van der Waals surface area contributed by atoms with E-state index in [0.29, 0.717) is 23.8 Å². The standard InChI is InChI=1S/C16H22N2O3S/c1-11(2)5-6-17-22(20,21)14-8-12-4-3-7-18-15(19)10-13(9-14)16(12)18/h8-9,11,17H,3-7,10H2,1-2H3. The van der Waals surface area contributed by atoms with E-state index in [4.69, 9.17) is 0 Å². The number of amides is 1. The molecule has 0 atom stereocenters. The maximum atomic E-state index is 12.5. The lowest BCUT2D eigenvalue weighted by molar-refractivity contribution is -0.117. The van der Waals surface area contributed by atoms with Crippen molar-refractivity contribution in [3.05, 3.63) is 23.3 Å². The average molecular weight is 322 g/mol. The van der Waals surface area contributed by atoms with Crippen LogP contribution in [0.3, 0.4) is 0 Å². The third kappa shape index (κ3) is 2.77. The molecule has 1 amide bonds. The molecule has 0 bridgehead atoms. The summed E-state index contributed by atoms with van der Waals surface area (Å²) in [6.45, 7) is 5.32. The summed E-state index contributed by atoms with van der Waals surface area (Å²) in [6, 6.07) is 3.40. The van der Waals surface area contributed by atoms with Gasteiger partial charge in [-0.05, 0) is 48.4 Å². The summed E-state index contributed by atoms with van der Waals surface area (Å²) in [5.74, 6) is 0.535. The molecule has 3 rings (SSSR count). The molecule has 2 aliphatic heterocycles. The Balaban J connectivity index is 1.90. The lowest BCUT2D eigenvalue weighted by Crippen LogP contribution is -2.31. The molecule has 5 nitrogen and oxygen atoms in total. The van der Waals surface area contributed by atoms with Crippen molar-refractivity contribution >= 4 is 21.6 Å². The highest BCUT2D eigenvalue weighted by atomic mass is 32.2. The molecule has 0 fully saturated rings. The lowest BCUT2D eigenvalue weighted by atomic mass is 10.0. The molecule has 6 heteroatoms. The normalized spacial score (nSPS) is 17.2. The van der Waals surface area contributed by atoms with E-state index in [0.717, 1.165) is 42.6 Å².